The molecule has 0 aliphatic carbocycles. The molecule has 2 nitrogen and oxygen atoms in total. The Balaban J connectivity index is 2.19. The molecular weight excluding hydrogens is 255 g/mol. The fraction of sp³-hybridized carbons (Fsp3) is 0.500. The molecule has 1 unspecified atom stereocenters. The van der Waals surface area contributed by atoms with Gasteiger partial charge in [0.25, 0.3) is 0 Å². The van der Waals surface area contributed by atoms with E-state index in [1.54, 1.807) is 0 Å². The first-order valence-corrected chi connectivity index (χ1v) is 6.06. The SMILES string of the molecule is CC(C)(C)C1=NC(c2ccc(C(F)(F)F)cc2)CO1. The molecule has 0 saturated carbocycles. The van der Waals surface area contributed by atoms with Crippen LogP contribution in [0, 0.1) is 5.41 Å². The Morgan fingerprint density at radius 1 is 1.11 bits per heavy atom. The number of alkyl halides is 3. The van der Waals surface area contributed by atoms with E-state index in [1.165, 1.54) is 12.1 Å². The third-order valence-corrected chi connectivity index (χ3v) is 2.92. The molecule has 0 bridgehead atoms. The average Bonchev–Trinajstić information content (AvgIpc) is 2.77. The molecule has 0 radical (unpaired) electrons. The number of ether oxygens (including phenoxy) is 1. The van der Waals surface area contributed by atoms with Gasteiger partial charge in [-0.3, -0.25) is 0 Å². The minimum absolute atomic E-state index is 0.180. The lowest BCUT2D eigenvalue weighted by Crippen LogP contribution is -2.20. The van der Waals surface area contributed by atoms with E-state index in [1.807, 2.05) is 20.8 Å². The third kappa shape index (κ3) is 3.08. The Morgan fingerprint density at radius 2 is 1.68 bits per heavy atom. The van der Waals surface area contributed by atoms with Crippen molar-refractivity contribution < 1.29 is 17.9 Å². The Morgan fingerprint density at radius 3 is 2.11 bits per heavy atom. The molecule has 19 heavy (non-hydrogen) atoms. The van der Waals surface area contributed by atoms with Crippen molar-refractivity contribution >= 4 is 5.90 Å². The van der Waals surface area contributed by atoms with E-state index in [4.69, 9.17) is 4.74 Å². The molecule has 0 saturated heterocycles. The molecule has 2 rings (SSSR count). The van der Waals surface area contributed by atoms with Crippen molar-refractivity contribution in [3.63, 3.8) is 0 Å². The van der Waals surface area contributed by atoms with Crippen LogP contribution < -0.4 is 0 Å². The van der Waals surface area contributed by atoms with E-state index < -0.39 is 11.7 Å². The maximum absolute atomic E-state index is 12.5. The standard InChI is InChI=1S/C14H16F3NO/c1-13(2,3)12-18-11(8-19-12)9-4-6-10(7-5-9)14(15,16)17/h4-7,11H,8H2,1-3H3. The maximum atomic E-state index is 12.5. The quantitative estimate of drug-likeness (QED) is 0.749. The Bertz CT molecular complexity index is 483. The van der Waals surface area contributed by atoms with Crippen molar-refractivity contribution in [2.75, 3.05) is 6.61 Å². The van der Waals surface area contributed by atoms with Crippen molar-refractivity contribution in [2.45, 2.75) is 33.0 Å². The average molecular weight is 271 g/mol. The van der Waals surface area contributed by atoms with E-state index in [0.717, 1.165) is 17.7 Å². The molecule has 1 heterocycles. The first-order chi connectivity index (χ1) is 8.68. The first kappa shape index (κ1) is 13.9. The fourth-order valence-corrected chi connectivity index (χ4v) is 1.85. The molecule has 1 aromatic rings. The number of nitrogens with zero attached hydrogens (tertiary/aromatic N) is 1. The summed E-state index contributed by atoms with van der Waals surface area (Å²) >= 11 is 0. The molecule has 1 atom stereocenters. The van der Waals surface area contributed by atoms with Crippen molar-refractivity contribution in [1.29, 1.82) is 0 Å². The third-order valence-electron chi connectivity index (χ3n) is 2.92. The van der Waals surface area contributed by atoms with Crippen LogP contribution >= 0.6 is 0 Å². The summed E-state index contributed by atoms with van der Waals surface area (Å²) in [6.45, 7) is 6.35. The van der Waals surface area contributed by atoms with Crippen LogP contribution in [-0.4, -0.2) is 12.5 Å². The fourth-order valence-electron chi connectivity index (χ4n) is 1.85. The largest absolute Gasteiger partial charge is 0.478 e. The van der Waals surface area contributed by atoms with Crippen LogP contribution in [0.5, 0.6) is 0 Å². The van der Waals surface area contributed by atoms with Gasteiger partial charge in [-0.05, 0) is 17.7 Å². The van der Waals surface area contributed by atoms with E-state index in [2.05, 4.69) is 4.99 Å². The highest BCUT2D eigenvalue weighted by Gasteiger charge is 2.32. The maximum Gasteiger partial charge on any atom is 0.416 e. The summed E-state index contributed by atoms with van der Waals surface area (Å²) in [7, 11) is 0. The minimum atomic E-state index is -4.30. The van der Waals surface area contributed by atoms with E-state index in [0.29, 0.717) is 12.5 Å². The number of halogens is 3. The van der Waals surface area contributed by atoms with Gasteiger partial charge in [0.05, 0.1) is 5.56 Å². The molecule has 0 aromatic heterocycles. The Kier molecular flexibility index (Phi) is 3.32. The molecule has 5 heteroatoms. The molecule has 1 aromatic carbocycles. The minimum Gasteiger partial charge on any atom is -0.478 e. The second-order valence-electron chi connectivity index (χ2n) is 5.63. The number of aliphatic imine (C=N–C) groups is 1. The van der Waals surface area contributed by atoms with E-state index in [-0.39, 0.29) is 11.5 Å². The summed E-state index contributed by atoms with van der Waals surface area (Å²) < 4.78 is 42.9. The lowest BCUT2D eigenvalue weighted by Gasteiger charge is -2.16. The summed E-state index contributed by atoms with van der Waals surface area (Å²) in [6.07, 6.45) is -4.30. The normalized spacial score (nSPS) is 20.1. The molecular formula is C14H16F3NO. The molecule has 0 N–H and O–H groups in total. The molecule has 0 spiro atoms. The van der Waals surface area contributed by atoms with Crippen LogP contribution in [0.2, 0.25) is 0 Å². The summed E-state index contributed by atoms with van der Waals surface area (Å²) in [5.41, 5.74) is -0.0804. The van der Waals surface area contributed by atoms with Gasteiger partial charge in [0.1, 0.15) is 12.6 Å². The number of rotatable bonds is 1. The smallest absolute Gasteiger partial charge is 0.416 e. The van der Waals surface area contributed by atoms with Gasteiger partial charge in [-0.1, -0.05) is 32.9 Å². The zero-order chi connectivity index (χ0) is 14.3. The second-order valence-corrected chi connectivity index (χ2v) is 5.63. The van der Waals surface area contributed by atoms with Gasteiger partial charge >= 0.3 is 6.18 Å². The van der Waals surface area contributed by atoms with Crippen molar-refractivity contribution in [3.8, 4) is 0 Å². The lowest BCUT2D eigenvalue weighted by atomic mass is 9.97. The zero-order valence-electron chi connectivity index (χ0n) is 11.1. The predicted molar refractivity (Wildman–Crippen MR) is 67.0 cm³/mol. The number of hydrogen-bond acceptors (Lipinski definition) is 2. The van der Waals surface area contributed by atoms with Gasteiger partial charge in [0.15, 0.2) is 5.90 Å². The molecule has 104 valence electrons. The highest BCUT2D eigenvalue weighted by atomic mass is 19.4. The Labute approximate surface area is 110 Å². The van der Waals surface area contributed by atoms with Gasteiger partial charge in [0.2, 0.25) is 0 Å². The van der Waals surface area contributed by atoms with Gasteiger partial charge in [-0.15, -0.1) is 0 Å². The van der Waals surface area contributed by atoms with Crippen molar-refractivity contribution in [2.24, 2.45) is 10.4 Å². The first-order valence-electron chi connectivity index (χ1n) is 6.06. The van der Waals surface area contributed by atoms with Crippen LogP contribution in [0.3, 0.4) is 0 Å². The number of hydrogen-bond donors (Lipinski definition) is 0. The second kappa shape index (κ2) is 4.54. The van der Waals surface area contributed by atoms with Crippen molar-refractivity contribution in [1.82, 2.24) is 0 Å². The molecule has 1 aliphatic heterocycles. The molecule has 1 aliphatic rings. The highest BCUT2D eigenvalue weighted by Crippen LogP contribution is 2.33. The van der Waals surface area contributed by atoms with Crippen LogP contribution in [0.25, 0.3) is 0 Å². The summed E-state index contributed by atoms with van der Waals surface area (Å²) in [5.74, 6) is 0.650. The summed E-state index contributed by atoms with van der Waals surface area (Å²) in [6, 6.07) is 4.88. The van der Waals surface area contributed by atoms with Crippen LogP contribution in [0.4, 0.5) is 13.2 Å². The Hall–Kier alpha value is -1.52. The van der Waals surface area contributed by atoms with Crippen molar-refractivity contribution in [3.05, 3.63) is 35.4 Å². The number of benzene rings is 1. The van der Waals surface area contributed by atoms with Gasteiger partial charge in [-0.2, -0.15) is 13.2 Å². The van der Waals surface area contributed by atoms with E-state index in [9.17, 15) is 13.2 Å². The predicted octanol–water partition coefficient (Wildman–Crippen LogP) is 4.22. The lowest BCUT2D eigenvalue weighted by molar-refractivity contribution is -0.137. The topological polar surface area (TPSA) is 21.6 Å². The monoisotopic (exact) mass is 271 g/mol. The van der Waals surface area contributed by atoms with Crippen LogP contribution in [0.15, 0.2) is 29.3 Å². The van der Waals surface area contributed by atoms with Gasteiger partial charge < -0.3 is 4.74 Å². The van der Waals surface area contributed by atoms with E-state index >= 15 is 0 Å². The molecule has 0 amide bonds. The molecule has 0 fully saturated rings. The zero-order valence-corrected chi connectivity index (χ0v) is 11.1. The summed E-state index contributed by atoms with van der Waals surface area (Å²) in [5, 5.41) is 0. The highest BCUT2D eigenvalue weighted by molar-refractivity contribution is 5.83. The van der Waals surface area contributed by atoms with Gasteiger partial charge in [0, 0.05) is 5.41 Å². The van der Waals surface area contributed by atoms with Crippen LogP contribution in [0.1, 0.15) is 37.9 Å². The van der Waals surface area contributed by atoms with Crippen LogP contribution in [-0.2, 0) is 10.9 Å². The summed E-state index contributed by atoms with van der Waals surface area (Å²) in [4.78, 5) is 4.43. The van der Waals surface area contributed by atoms with Gasteiger partial charge in [-0.25, -0.2) is 4.99 Å².